The van der Waals surface area contributed by atoms with E-state index >= 15 is 0 Å². The van der Waals surface area contributed by atoms with Gasteiger partial charge in [0.15, 0.2) is 0 Å². The van der Waals surface area contributed by atoms with Gasteiger partial charge < -0.3 is 0 Å². The first kappa shape index (κ1) is 14.2. The Labute approximate surface area is 114 Å². The van der Waals surface area contributed by atoms with E-state index in [0.29, 0.717) is 25.4 Å². The van der Waals surface area contributed by atoms with E-state index < -0.39 is 10.2 Å². The summed E-state index contributed by atoms with van der Waals surface area (Å²) in [6.45, 7) is 4.96. The molecule has 0 fully saturated rings. The molecule has 0 saturated carbocycles. The standard InChI is InChI=1S/C13H19N3O2S/c1-10(2)11-5-6-13(15-8-11)12-4-3-7-16(9-12)19(14,17)18/h4-6,8,10H,3,7,9H2,1-2H3,(H2,14,17,18). The van der Waals surface area contributed by atoms with Crippen molar-refractivity contribution in [3.05, 3.63) is 35.7 Å². The zero-order valence-corrected chi connectivity index (χ0v) is 12.0. The number of hydrogen-bond donors (Lipinski definition) is 1. The van der Waals surface area contributed by atoms with Crippen LogP contribution in [0.25, 0.3) is 5.57 Å². The minimum Gasteiger partial charge on any atom is -0.256 e. The lowest BCUT2D eigenvalue weighted by atomic mass is 10.0. The second-order valence-electron chi connectivity index (χ2n) is 5.03. The topological polar surface area (TPSA) is 76.3 Å². The molecule has 104 valence electrons. The Morgan fingerprint density at radius 1 is 1.37 bits per heavy atom. The van der Waals surface area contributed by atoms with Crippen molar-refractivity contribution in [2.45, 2.75) is 26.2 Å². The van der Waals surface area contributed by atoms with E-state index in [1.165, 1.54) is 9.87 Å². The summed E-state index contributed by atoms with van der Waals surface area (Å²) in [6, 6.07) is 3.97. The van der Waals surface area contributed by atoms with Crippen LogP contribution in [0.1, 0.15) is 37.4 Å². The van der Waals surface area contributed by atoms with E-state index in [1.807, 2.05) is 24.4 Å². The van der Waals surface area contributed by atoms with Crippen molar-refractivity contribution in [2.75, 3.05) is 13.1 Å². The van der Waals surface area contributed by atoms with Crippen LogP contribution in [0.4, 0.5) is 0 Å². The molecule has 1 aliphatic heterocycles. The van der Waals surface area contributed by atoms with Crippen LogP contribution in [0.2, 0.25) is 0 Å². The fraction of sp³-hybridized carbons (Fsp3) is 0.462. The maximum atomic E-state index is 11.4. The molecular weight excluding hydrogens is 262 g/mol. The van der Waals surface area contributed by atoms with Gasteiger partial charge in [0.1, 0.15) is 0 Å². The zero-order chi connectivity index (χ0) is 14.0. The zero-order valence-electron chi connectivity index (χ0n) is 11.2. The first-order valence-corrected chi connectivity index (χ1v) is 7.81. The smallest absolute Gasteiger partial charge is 0.256 e. The van der Waals surface area contributed by atoms with Gasteiger partial charge in [0.25, 0.3) is 10.2 Å². The monoisotopic (exact) mass is 281 g/mol. The molecule has 5 nitrogen and oxygen atoms in total. The minimum atomic E-state index is -3.62. The molecule has 0 spiro atoms. The van der Waals surface area contributed by atoms with Crippen molar-refractivity contribution in [2.24, 2.45) is 5.14 Å². The second-order valence-corrected chi connectivity index (χ2v) is 6.57. The molecule has 0 atom stereocenters. The number of nitrogens with two attached hydrogens (primary N) is 1. The van der Waals surface area contributed by atoms with Crippen LogP contribution in [0.5, 0.6) is 0 Å². The van der Waals surface area contributed by atoms with Gasteiger partial charge in [0, 0.05) is 19.3 Å². The van der Waals surface area contributed by atoms with Gasteiger partial charge in [0.05, 0.1) is 5.69 Å². The Hall–Kier alpha value is -1.24. The molecule has 6 heteroatoms. The molecule has 2 N–H and O–H groups in total. The molecular formula is C13H19N3O2S. The summed E-state index contributed by atoms with van der Waals surface area (Å²) in [4.78, 5) is 4.41. The predicted molar refractivity (Wildman–Crippen MR) is 75.6 cm³/mol. The molecule has 0 aromatic carbocycles. The van der Waals surface area contributed by atoms with E-state index in [4.69, 9.17) is 5.14 Å². The summed E-state index contributed by atoms with van der Waals surface area (Å²) in [5.41, 5.74) is 2.90. The van der Waals surface area contributed by atoms with Crippen LogP contribution in [0.15, 0.2) is 24.4 Å². The molecule has 2 heterocycles. The van der Waals surface area contributed by atoms with Gasteiger partial charge in [-0.15, -0.1) is 0 Å². The van der Waals surface area contributed by atoms with Crippen molar-refractivity contribution in [1.29, 1.82) is 0 Å². The molecule has 2 rings (SSSR count). The van der Waals surface area contributed by atoms with Gasteiger partial charge in [0.2, 0.25) is 0 Å². The fourth-order valence-electron chi connectivity index (χ4n) is 2.06. The predicted octanol–water partition coefficient (Wildman–Crippen LogP) is 1.50. The van der Waals surface area contributed by atoms with Crippen LogP contribution in [0, 0.1) is 0 Å². The molecule has 0 unspecified atom stereocenters. The van der Waals surface area contributed by atoms with Crippen molar-refractivity contribution in [1.82, 2.24) is 9.29 Å². The second kappa shape index (κ2) is 5.40. The molecule has 0 radical (unpaired) electrons. The Balaban J connectivity index is 2.20. The third-order valence-electron chi connectivity index (χ3n) is 3.26. The van der Waals surface area contributed by atoms with Gasteiger partial charge in [-0.3, -0.25) is 4.98 Å². The van der Waals surface area contributed by atoms with Gasteiger partial charge in [-0.25, -0.2) is 5.14 Å². The van der Waals surface area contributed by atoms with Gasteiger partial charge >= 0.3 is 0 Å². The highest BCUT2D eigenvalue weighted by Gasteiger charge is 2.22. The first-order valence-electron chi connectivity index (χ1n) is 6.31. The Bertz CT molecular complexity index is 576. The quantitative estimate of drug-likeness (QED) is 0.912. The van der Waals surface area contributed by atoms with Crippen molar-refractivity contribution in [3.8, 4) is 0 Å². The van der Waals surface area contributed by atoms with Gasteiger partial charge in [-0.2, -0.15) is 12.7 Å². The third kappa shape index (κ3) is 3.40. The average Bonchev–Trinajstić information content (AvgIpc) is 2.38. The molecule has 0 saturated heterocycles. The average molecular weight is 281 g/mol. The summed E-state index contributed by atoms with van der Waals surface area (Å²) in [6.07, 6.45) is 4.54. The fourth-order valence-corrected chi connectivity index (χ4v) is 2.73. The summed E-state index contributed by atoms with van der Waals surface area (Å²) in [5, 5.41) is 5.16. The lowest BCUT2D eigenvalue weighted by Gasteiger charge is -2.24. The number of pyridine rings is 1. The van der Waals surface area contributed by atoms with E-state index in [2.05, 4.69) is 18.8 Å². The molecule has 0 aliphatic carbocycles. The lowest BCUT2D eigenvalue weighted by Crippen LogP contribution is -2.40. The van der Waals surface area contributed by atoms with Crippen LogP contribution in [-0.2, 0) is 10.2 Å². The Morgan fingerprint density at radius 2 is 2.11 bits per heavy atom. The van der Waals surface area contributed by atoms with E-state index in [1.54, 1.807) is 0 Å². The number of nitrogens with zero attached hydrogens (tertiary/aromatic N) is 2. The number of rotatable bonds is 3. The maximum absolute atomic E-state index is 11.4. The van der Waals surface area contributed by atoms with Crippen LogP contribution in [0.3, 0.4) is 0 Å². The largest absolute Gasteiger partial charge is 0.277 e. The molecule has 1 aromatic rings. The normalized spacial score (nSPS) is 17.6. The summed E-state index contributed by atoms with van der Waals surface area (Å²) < 4.78 is 24.0. The summed E-state index contributed by atoms with van der Waals surface area (Å²) in [7, 11) is -3.62. The molecule has 1 aliphatic rings. The van der Waals surface area contributed by atoms with Gasteiger partial charge in [-0.05, 0) is 29.5 Å². The van der Waals surface area contributed by atoms with E-state index in [0.717, 1.165) is 11.3 Å². The molecule has 0 amide bonds. The SMILES string of the molecule is CC(C)c1ccc(C2=CCCN(S(N)(=O)=O)C2)nc1. The van der Waals surface area contributed by atoms with Crippen LogP contribution < -0.4 is 5.14 Å². The molecule has 19 heavy (non-hydrogen) atoms. The van der Waals surface area contributed by atoms with E-state index in [-0.39, 0.29) is 0 Å². The number of aromatic nitrogens is 1. The lowest BCUT2D eigenvalue weighted by molar-refractivity contribution is 0.444. The Morgan fingerprint density at radius 3 is 2.63 bits per heavy atom. The first-order chi connectivity index (χ1) is 8.88. The molecule has 1 aromatic heterocycles. The molecule has 0 bridgehead atoms. The van der Waals surface area contributed by atoms with Crippen LogP contribution in [-0.4, -0.2) is 30.8 Å². The van der Waals surface area contributed by atoms with E-state index in [9.17, 15) is 8.42 Å². The summed E-state index contributed by atoms with van der Waals surface area (Å²) >= 11 is 0. The third-order valence-corrected chi connectivity index (χ3v) is 4.29. The van der Waals surface area contributed by atoms with Crippen LogP contribution >= 0.6 is 0 Å². The Kier molecular flexibility index (Phi) is 4.03. The summed E-state index contributed by atoms with van der Waals surface area (Å²) in [5.74, 6) is 0.433. The highest BCUT2D eigenvalue weighted by atomic mass is 32.2. The number of hydrogen-bond acceptors (Lipinski definition) is 3. The maximum Gasteiger partial charge on any atom is 0.277 e. The van der Waals surface area contributed by atoms with Crippen molar-refractivity contribution < 1.29 is 8.42 Å². The van der Waals surface area contributed by atoms with Crippen molar-refractivity contribution >= 4 is 15.8 Å². The van der Waals surface area contributed by atoms with Crippen molar-refractivity contribution in [3.63, 3.8) is 0 Å². The highest BCUT2D eigenvalue weighted by Crippen LogP contribution is 2.21. The highest BCUT2D eigenvalue weighted by molar-refractivity contribution is 7.86. The van der Waals surface area contributed by atoms with Gasteiger partial charge in [-0.1, -0.05) is 26.0 Å². The minimum absolute atomic E-state index is 0.298.